The monoisotopic (exact) mass is 438 g/mol. The summed E-state index contributed by atoms with van der Waals surface area (Å²) in [6.45, 7) is 5.80. The Bertz CT molecular complexity index is 1190. The topological polar surface area (TPSA) is 75.7 Å². The van der Waals surface area contributed by atoms with Crippen LogP contribution in [0.1, 0.15) is 28.4 Å². The van der Waals surface area contributed by atoms with Crippen molar-refractivity contribution in [2.45, 2.75) is 25.7 Å². The van der Waals surface area contributed by atoms with E-state index in [1.54, 1.807) is 43.3 Å². The third-order valence-electron chi connectivity index (χ3n) is 4.98. The maximum absolute atomic E-state index is 13.3. The number of nitrogens with zero attached hydrogens (tertiary/aromatic N) is 1. The van der Waals surface area contributed by atoms with Crippen molar-refractivity contribution in [1.29, 1.82) is 0 Å². The molecule has 0 aliphatic heterocycles. The minimum absolute atomic E-state index is 0.0651. The van der Waals surface area contributed by atoms with Crippen LogP contribution in [0.3, 0.4) is 0 Å². The third-order valence-corrected chi connectivity index (χ3v) is 6.88. The van der Waals surface area contributed by atoms with Crippen molar-refractivity contribution >= 4 is 27.3 Å². The number of hydrogen-bond donors (Lipinski definition) is 1. The van der Waals surface area contributed by atoms with Gasteiger partial charge in [0.1, 0.15) is 5.75 Å². The van der Waals surface area contributed by atoms with E-state index < -0.39 is 10.0 Å². The van der Waals surface area contributed by atoms with E-state index in [1.807, 2.05) is 32.0 Å². The van der Waals surface area contributed by atoms with Crippen LogP contribution in [0.2, 0.25) is 0 Å². The molecular weight excluding hydrogens is 412 g/mol. The van der Waals surface area contributed by atoms with E-state index in [2.05, 4.69) is 5.32 Å². The first kappa shape index (κ1) is 22.4. The lowest BCUT2D eigenvalue weighted by Gasteiger charge is -2.23. The van der Waals surface area contributed by atoms with Gasteiger partial charge in [0, 0.05) is 12.1 Å². The number of ether oxygens (including phenoxy) is 1. The van der Waals surface area contributed by atoms with Crippen LogP contribution >= 0.6 is 0 Å². The summed E-state index contributed by atoms with van der Waals surface area (Å²) in [4.78, 5) is 13.0. The molecule has 0 heterocycles. The molecular formula is C24H26N2O4S. The van der Waals surface area contributed by atoms with Crippen molar-refractivity contribution in [2.24, 2.45) is 0 Å². The van der Waals surface area contributed by atoms with Crippen molar-refractivity contribution in [1.82, 2.24) is 0 Å². The summed E-state index contributed by atoms with van der Waals surface area (Å²) in [5.41, 5.74) is 3.17. The molecule has 0 aromatic heterocycles. The molecule has 3 rings (SSSR count). The van der Waals surface area contributed by atoms with E-state index in [4.69, 9.17) is 4.74 Å². The van der Waals surface area contributed by atoms with Gasteiger partial charge in [-0.25, -0.2) is 8.42 Å². The quantitative estimate of drug-likeness (QED) is 0.576. The Balaban J connectivity index is 2.00. The number of aryl methyl sites for hydroxylation is 2. The van der Waals surface area contributed by atoms with E-state index in [9.17, 15) is 13.2 Å². The van der Waals surface area contributed by atoms with E-state index in [-0.39, 0.29) is 17.3 Å². The van der Waals surface area contributed by atoms with Crippen molar-refractivity contribution in [2.75, 3.05) is 23.3 Å². The van der Waals surface area contributed by atoms with Crippen molar-refractivity contribution in [3.05, 3.63) is 83.4 Å². The standard InChI is InChI=1S/C24H26N2O4S/c1-5-26(19-9-7-6-8-10-19)31(28,29)20-13-14-23(30-4)22(16-20)25-24(27)21-15-17(2)11-12-18(21)3/h6-16H,5H2,1-4H3,(H,25,27). The zero-order chi connectivity index (χ0) is 22.6. The molecule has 0 saturated carbocycles. The second-order valence-electron chi connectivity index (χ2n) is 7.14. The molecule has 0 fully saturated rings. The predicted molar refractivity (Wildman–Crippen MR) is 124 cm³/mol. The van der Waals surface area contributed by atoms with Gasteiger partial charge in [-0.05, 0) is 62.7 Å². The Morgan fingerprint density at radius 1 is 1.00 bits per heavy atom. The summed E-state index contributed by atoms with van der Waals surface area (Å²) in [6, 6.07) is 19.0. The lowest BCUT2D eigenvalue weighted by molar-refractivity contribution is 0.102. The van der Waals surface area contributed by atoms with Crippen LogP contribution < -0.4 is 14.4 Å². The van der Waals surface area contributed by atoms with Gasteiger partial charge in [0.05, 0.1) is 23.4 Å². The smallest absolute Gasteiger partial charge is 0.264 e. The highest BCUT2D eigenvalue weighted by Gasteiger charge is 2.25. The zero-order valence-corrected chi connectivity index (χ0v) is 18.9. The number of methoxy groups -OCH3 is 1. The molecule has 1 amide bonds. The SMILES string of the molecule is CCN(c1ccccc1)S(=O)(=O)c1ccc(OC)c(NC(=O)c2cc(C)ccc2C)c1. The van der Waals surface area contributed by atoms with Gasteiger partial charge < -0.3 is 10.1 Å². The minimum Gasteiger partial charge on any atom is -0.495 e. The normalized spacial score (nSPS) is 11.1. The largest absolute Gasteiger partial charge is 0.495 e. The number of carbonyl (C=O) groups is 1. The molecule has 0 unspecified atom stereocenters. The van der Waals surface area contributed by atoms with Gasteiger partial charge in [0.15, 0.2) is 0 Å². The first-order valence-corrected chi connectivity index (χ1v) is 11.4. The summed E-state index contributed by atoms with van der Waals surface area (Å²) >= 11 is 0. The molecule has 6 nitrogen and oxygen atoms in total. The van der Waals surface area contributed by atoms with Crippen molar-refractivity contribution in [3.63, 3.8) is 0 Å². The molecule has 0 saturated heterocycles. The first-order chi connectivity index (χ1) is 14.8. The molecule has 0 spiro atoms. The van der Waals surface area contributed by atoms with Gasteiger partial charge in [0.25, 0.3) is 15.9 Å². The number of rotatable bonds is 7. The van der Waals surface area contributed by atoms with E-state index >= 15 is 0 Å². The van der Waals surface area contributed by atoms with Crippen LogP contribution in [0, 0.1) is 13.8 Å². The Morgan fingerprint density at radius 3 is 2.35 bits per heavy atom. The summed E-state index contributed by atoms with van der Waals surface area (Å²) in [5, 5.41) is 2.81. The first-order valence-electron chi connectivity index (χ1n) is 9.92. The number of nitrogens with one attached hydrogen (secondary N) is 1. The number of hydrogen-bond acceptors (Lipinski definition) is 4. The molecule has 0 aliphatic rings. The van der Waals surface area contributed by atoms with Crippen LogP contribution in [0.25, 0.3) is 0 Å². The van der Waals surface area contributed by atoms with Gasteiger partial charge in [0.2, 0.25) is 0 Å². The highest BCUT2D eigenvalue weighted by Crippen LogP contribution is 2.31. The number of carbonyl (C=O) groups excluding carboxylic acids is 1. The second-order valence-corrected chi connectivity index (χ2v) is 9.00. The summed E-state index contributed by atoms with van der Waals surface area (Å²) in [7, 11) is -2.37. The molecule has 31 heavy (non-hydrogen) atoms. The number of amides is 1. The number of sulfonamides is 1. The minimum atomic E-state index is -3.84. The summed E-state index contributed by atoms with van der Waals surface area (Å²) < 4.78 is 33.4. The molecule has 1 N–H and O–H groups in total. The Kier molecular flexibility index (Phi) is 6.65. The maximum Gasteiger partial charge on any atom is 0.264 e. The van der Waals surface area contributed by atoms with E-state index in [0.717, 1.165) is 11.1 Å². The molecule has 0 radical (unpaired) electrons. The Labute approximate surface area is 183 Å². The lowest BCUT2D eigenvalue weighted by atomic mass is 10.0. The third kappa shape index (κ3) is 4.72. The van der Waals surface area contributed by atoms with Gasteiger partial charge in [-0.2, -0.15) is 0 Å². The molecule has 0 atom stereocenters. The summed E-state index contributed by atoms with van der Waals surface area (Å²) in [5.74, 6) is 0.0461. The molecule has 3 aromatic rings. The van der Waals surface area contributed by atoms with Crippen LogP contribution in [-0.2, 0) is 10.0 Å². The Hall–Kier alpha value is -3.32. The van der Waals surface area contributed by atoms with Gasteiger partial charge >= 0.3 is 0 Å². The molecule has 0 aliphatic carbocycles. The maximum atomic E-state index is 13.3. The van der Waals surface area contributed by atoms with Crippen LogP contribution in [0.5, 0.6) is 5.75 Å². The molecule has 7 heteroatoms. The predicted octanol–water partition coefficient (Wildman–Crippen LogP) is 4.78. The molecule has 0 bridgehead atoms. The van der Waals surface area contributed by atoms with E-state index in [1.165, 1.54) is 23.5 Å². The second kappa shape index (κ2) is 9.22. The number of para-hydroxylation sites is 1. The zero-order valence-electron chi connectivity index (χ0n) is 18.0. The highest BCUT2D eigenvalue weighted by molar-refractivity contribution is 7.92. The fraction of sp³-hybridized carbons (Fsp3) is 0.208. The fourth-order valence-electron chi connectivity index (χ4n) is 3.33. The van der Waals surface area contributed by atoms with Crippen molar-refractivity contribution < 1.29 is 17.9 Å². The summed E-state index contributed by atoms with van der Waals surface area (Å²) in [6.07, 6.45) is 0. The van der Waals surface area contributed by atoms with Gasteiger partial charge in [-0.1, -0.05) is 35.9 Å². The van der Waals surface area contributed by atoms with Crippen LogP contribution in [0.4, 0.5) is 11.4 Å². The molecule has 162 valence electrons. The number of benzene rings is 3. The lowest BCUT2D eigenvalue weighted by Crippen LogP contribution is -2.30. The van der Waals surface area contributed by atoms with Crippen molar-refractivity contribution in [3.8, 4) is 5.75 Å². The highest BCUT2D eigenvalue weighted by atomic mass is 32.2. The Morgan fingerprint density at radius 2 is 1.71 bits per heavy atom. The van der Waals surface area contributed by atoms with Crippen LogP contribution in [-0.4, -0.2) is 28.0 Å². The van der Waals surface area contributed by atoms with Crippen LogP contribution in [0.15, 0.2) is 71.6 Å². The van der Waals surface area contributed by atoms with E-state index in [0.29, 0.717) is 22.7 Å². The molecule has 3 aromatic carbocycles. The average molecular weight is 439 g/mol. The average Bonchev–Trinajstić information content (AvgIpc) is 2.76. The fourth-order valence-corrected chi connectivity index (χ4v) is 4.83. The number of anilines is 2. The van der Waals surface area contributed by atoms with Gasteiger partial charge in [-0.15, -0.1) is 0 Å². The van der Waals surface area contributed by atoms with Gasteiger partial charge in [-0.3, -0.25) is 9.10 Å².